The van der Waals surface area contributed by atoms with E-state index >= 15 is 0 Å². The lowest BCUT2D eigenvalue weighted by molar-refractivity contribution is -0.134. The van der Waals surface area contributed by atoms with E-state index < -0.39 is 5.97 Å². The zero-order valence-electron chi connectivity index (χ0n) is 16.4. The van der Waals surface area contributed by atoms with Crippen LogP contribution in [0, 0.1) is 5.82 Å². The quantitative estimate of drug-likeness (QED) is 0.531. The highest BCUT2D eigenvalue weighted by Crippen LogP contribution is 2.26. The van der Waals surface area contributed by atoms with Gasteiger partial charge < -0.3 is 19.3 Å². The molecule has 2 aromatic carbocycles. The normalized spacial score (nSPS) is 13.9. The maximum absolute atomic E-state index is 13.1. The van der Waals surface area contributed by atoms with E-state index in [0.29, 0.717) is 37.5 Å². The first-order chi connectivity index (χ1) is 14.0. The van der Waals surface area contributed by atoms with Crippen LogP contribution in [0.1, 0.15) is 10.4 Å². The molecule has 0 spiro atoms. The summed E-state index contributed by atoms with van der Waals surface area (Å²) < 4.78 is 23.5. The van der Waals surface area contributed by atoms with Gasteiger partial charge >= 0.3 is 5.97 Å². The van der Waals surface area contributed by atoms with Crippen LogP contribution in [0.2, 0.25) is 0 Å². The van der Waals surface area contributed by atoms with Gasteiger partial charge in [-0.1, -0.05) is 0 Å². The highest BCUT2D eigenvalue weighted by atomic mass is 32.2. The zero-order chi connectivity index (χ0) is 20.8. The molecule has 29 heavy (non-hydrogen) atoms. The smallest absolute Gasteiger partial charge is 0.342 e. The summed E-state index contributed by atoms with van der Waals surface area (Å²) in [7, 11) is 1.49. The van der Waals surface area contributed by atoms with Crippen molar-refractivity contribution in [1.29, 1.82) is 0 Å². The minimum Gasteiger partial charge on any atom is -0.496 e. The van der Waals surface area contributed by atoms with Crippen LogP contribution in [0.5, 0.6) is 5.75 Å². The highest BCUT2D eigenvalue weighted by molar-refractivity contribution is 7.98. The van der Waals surface area contributed by atoms with Crippen LogP contribution in [0.15, 0.2) is 47.4 Å². The molecule has 0 N–H and O–H groups in total. The second-order valence-corrected chi connectivity index (χ2v) is 7.37. The molecule has 0 saturated carbocycles. The topological polar surface area (TPSA) is 59.1 Å². The standard InChI is InChI=1S/C21H23FN2O4S/c1-27-19-13-17(29-2)7-8-18(19)21(26)28-14-20(25)24-11-9-23(10-12-24)16-5-3-15(22)4-6-16/h3-8,13H,9-12,14H2,1-2H3. The number of halogens is 1. The number of methoxy groups -OCH3 is 1. The summed E-state index contributed by atoms with van der Waals surface area (Å²) in [6, 6.07) is 11.5. The molecule has 1 fully saturated rings. The minimum absolute atomic E-state index is 0.239. The number of thioether (sulfide) groups is 1. The van der Waals surface area contributed by atoms with Crippen molar-refractivity contribution in [3.8, 4) is 5.75 Å². The van der Waals surface area contributed by atoms with Crippen LogP contribution in [0.4, 0.5) is 10.1 Å². The predicted molar refractivity (Wildman–Crippen MR) is 110 cm³/mol. The van der Waals surface area contributed by atoms with Gasteiger partial charge in [-0.25, -0.2) is 9.18 Å². The van der Waals surface area contributed by atoms with E-state index in [4.69, 9.17) is 9.47 Å². The van der Waals surface area contributed by atoms with E-state index in [9.17, 15) is 14.0 Å². The molecule has 1 aliphatic rings. The molecule has 1 saturated heterocycles. The van der Waals surface area contributed by atoms with Crippen molar-refractivity contribution in [2.24, 2.45) is 0 Å². The fourth-order valence-electron chi connectivity index (χ4n) is 3.13. The molecule has 1 heterocycles. The first-order valence-electron chi connectivity index (χ1n) is 9.19. The third-order valence-electron chi connectivity index (χ3n) is 4.78. The number of benzene rings is 2. The molecule has 154 valence electrons. The van der Waals surface area contributed by atoms with Gasteiger partial charge in [0.25, 0.3) is 5.91 Å². The SMILES string of the molecule is COc1cc(SC)ccc1C(=O)OCC(=O)N1CCN(c2ccc(F)cc2)CC1. The molecule has 8 heteroatoms. The summed E-state index contributed by atoms with van der Waals surface area (Å²) in [5, 5.41) is 0. The third kappa shape index (κ3) is 5.20. The Kier molecular flexibility index (Phi) is 6.98. The lowest BCUT2D eigenvalue weighted by Crippen LogP contribution is -2.49. The summed E-state index contributed by atoms with van der Waals surface area (Å²) in [5.41, 5.74) is 1.21. The fraction of sp³-hybridized carbons (Fsp3) is 0.333. The summed E-state index contributed by atoms with van der Waals surface area (Å²) >= 11 is 1.54. The predicted octanol–water partition coefficient (Wildman–Crippen LogP) is 3.06. The number of ether oxygens (including phenoxy) is 2. The molecular weight excluding hydrogens is 395 g/mol. The summed E-state index contributed by atoms with van der Waals surface area (Å²) in [5.74, 6) is -0.684. The molecule has 0 radical (unpaired) electrons. The van der Waals surface area contributed by atoms with Crippen LogP contribution in [-0.2, 0) is 9.53 Å². The number of esters is 1. The number of rotatable bonds is 6. The molecule has 0 bridgehead atoms. The fourth-order valence-corrected chi connectivity index (χ4v) is 3.56. The molecule has 6 nitrogen and oxygen atoms in total. The number of hydrogen-bond donors (Lipinski definition) is 0. The minimum atomic E-state index is -0.590. The van der Waals surface area contributed by atoms with Gasteiger partial charge in [-0.05, 0) is 48.7 Å². The van der Waals surface area contributed by atoms with Gasteiger partial charge in [0, 0.05) is 36.8 Å². The van der Waals surface area contributed by atoms with E-state index in [1.165, 1.54) is 31.0 Å². The van der Waals surface area contributed by atoms with Gasteiger partial charge in [0.05, 0.1) is 7.11 Å². The first-order valence-corrected chi connectivity index (χ1v) is 10.4. The second kappa shape index (κ2) is 9.65. The van der Waals surface area contributed by atoms with E-state index in [1.54, 1.807) is 35.2 Å². The van der Waals surface area contributed by atoms with Crippen LogP contribution < -0.4 is 9.64 Å². The zero-order valence-corrected chi connectivity index (χ0v) is 17.2. The summed E-state index contributed by atoms with van der Waals surface area (Å²) in [4.78, 5) is 29.5. The van der Waals surface area contributed by atoms with Gasteiger partial charge in [0.15, 0.2) is 6.61 Å². The number of hydrogen-bond acceptors (Lipinski definition) is 6. The Bertz CT molecular complexity index is 867. The number of carbonyl (C=O) groups is 2. The van der Waals surface area contributed by atoms with Crippen molar-refractivity contribution in [1.82, 2.24) is 4.90 Å². The molecule has 3 rings (SSSR count). The maximum Gasteiger partial charge on any atom is 0.342 e. The van der Waals surface area contributed by atoms with Crippen LogP contribution in [-0.4, -0.2) is 62.9 Å². The van der Waals surface area contributed by atoms with Crippen LogP contribution in [0.25, 0.3) is 0 Å². The van der Waals surface area contributed by atoms with Gasteiger partial charge in [-0.2, -0.15) is 0 Å². The monoisotopic (exact) mass is 418 g/mol. The Morgan fingerprint density at radius 2 is 1.76 bits per heavy atom. The van der Waals surface area contributed by atoms with Gasteiger partial charge in [0.1, 0.15) is 17.1 Å². The van der Waals surface area contributed by atoms with E-state index in [-0.39, 0.29) is 18.3 Å². The summed E-state index contributed by atoms with van der Waals surface area (Å²) in [6.07, 6.45) is 1.93. The number of anilines is 1. The lowest BCUT2D eigenvalue weighted by Gasteiger charge is -2.36. The second-order valence-electron chi connectivity index (χ2n) is 6.49. The Hall–Kier alpha value is -2.74. The van der Waals surface area contributed by atoms with E-state index in [0.717, 1.165) is 10.6 Å². The van der Waals surface area contributed by atoms with Gasteiger partial charge in [-0.15, -0.1) is 11.8 Å². The van der Waals surface area contributed by atoms with E-state index in [1.807, 2.05) is 6.26 Å². The average molecular weight is 418 g/mol. The van der Waals surface area contributed by atoms with Crippen molar-refractivity contribution in [2.75, 3.05) is 51.1 Å². The molecule has 1 amide bonds. The van der Waals surface area contributed by atoms with Gasteiger partial charge in [0.2, 0.25) is 0 Å². The van der Waals surface area contributed by atoms with Crippen molar-refractivity contribution >= 4 is 29.3 Å². The average Bonchev–Trinajstić information content (AvgIpc) is 2.77. The number of nitrogens with zero attached hydrogens (tertiary/aromatic N) is 2. The van der Waals surface area contributed by atoms with Gasteiger partial charge in [-0.3, -0.25) is 4.79 Å². The third-order valence-corrected chi connectivity index (χ3v) is 5.50. The van der Waals surface area contributed by atoms with Crippen molar-refractivity contribution in [3.63, 3.8) is 0 Å². The number of piperazine rings is 1. The number of carbonyl (C=O) groups excluding carboxylic acids is 2. The summed E-state index contributed by atoms with van der Waals surface area (Å²) in [6.45, 7) is 1.98. The molecule has 0 atom stereocenters. The Labute approximate surface area is 173 Å². The molecule has 0 aromatic heterocycles. The highest BCUT2D eigenvalue weighted by Gasteiger charge is 2.23. The molecular formula is C21H23FN2O4S. The van der Waals surface area contributed by atoms with Crippen molar-refractivity contribution in [2.45, 2.75) is 4.90 Å². The van der Waals surface area contributed by atoms with E-state index in [2.05, 4.69) is 4.90 Å². The largest absolute Gasteiger partial charge is 0.496 e. The molecule has 0 aliphatic carbocycles. The number of amides is 1. The Morgan fingerprint density at radius 1 is 1.07 bits per heavy atom. The molecule has 2 aromatic rings. The van der Waals surface area contributed by atoms with Crippen molar-refractivity contribution in [3.05, 3.63) is 53.8 Å². The Morgan fingerprint density at radius 3 is 2.38 bits per heavy atom. The molecule has 0 unspecified atom stereocenters. The van der Waals surface area contributed by atoms with Crippen molar-refractivity contribution < 1.29 is 23.5 Å². The molecule has 1 aliphatic heterocycles. The Balaban J connectivity index is 1.51. The lowest BCUT2D eigenvalue weighted by atomic mass is 10.2. The van der Waals surface area contributed by atoms with Crippen LogP contribution in [0.3, 0.4) is 0 Å². The van der Waals surface area contributed by atoms with Crippen LogP contribution >= 0.6 is 11.8 Å². The maximum atomic E-state index is 13.1. The first kappa shape index (κ1) is 21.0.